The highest BCUT2D eigenvalue weighted by Gasteiger charge is 2.24. The largest absolute Gasteiger partial charge is 0.449 e. The number of nitrogens with one attached hydrogen (secondary N) is 1. The number of hydrogen-bond donors (Lipinski definition) is 1. The van der Waals surface area contributed by atoms with Gasteiger partial charge < -0.3 is 14.5 Å². The Morgan fingerprint density at radius 2 is 1.88 bits per heavy atom. The van der Waals surface area contributed by atoms with Crippen molar-refractivity contribution < 1.29 is 27.5 Å². The summed E-state index contributed by atoms with van der Waals surface area (Å²) in [5.41, 5.74) is 0.781. The average molecular weight is 359 g/mol. The van der Waals surface area contributed by atoms with E-state index in [1.807, 2.05) is 6.07 Å². The highest BCUT2D eigenvalue weighted by Crippen LogP contribution is 2.25. The van der Waals surface area contributed by atoms with E-state index in [0.717, 1.165) is 23.6 Å². The summed E-state index contributed by atoms with van der Waals surface area (Å²) in [6.45, 7) is 3.03. The van der Waals surface area contributed by atoms with Gasteiger partial charge in [0.25, 0.3) is 5.91 Å². The first-order chi connectivity index (χ1) is 12.4. The van der Waals surface area contributed by atoms with Gasteiger partial charge in [-0.3, -0.25) is 4.79 Å². The molecule has 0 spiro atoms. The summed E-state index contributed by atoms with van der Waals surface area (Å²) in [6.07, 6.45) is -1.24. The second kappa shape index (κ2) is 6.95. The van der Waals surface area contributed by atoms with Crippen LogP contribution >= 0.6 is 0 Å². The van der Waals surface area contributed by atoms with E-state index in [1.54, 1.807) is 25.1 Å². The third kappa shape index (κ3) is 3.42. The van der Waals surface area contributed by atoms with Gasteiger partial charge in [0.15, 0.2) is 6.10 Å². The Kier molecular flexibility index (Phi) is 4.71. The fraction of sp³-hybridized carbons (Fsp3) is 0.158. The molecule has 134 valence electrons. The summed E-state index contributed by atoms with van der Waals surface area (Å²) in [5, 5.41) is 2.95. The number of hydrogen-bond acceptors (Lipinski definition) is 4. The summed E-state index contributed by atoms with van der Waals surface area (Å²) < 4.78 is 37.3. The van der Waals surface area contributed by atoms with Gasteiger partial charge in [0.2, 0.25) is 5.76 Å². The number of benzene rings is 2. The zero-order valence-electron chi connectivity index (χ0n) is 14.0. The van der Waals surface area contributed by atoms with Crippen molar-refractivity contribution in [1.29, 1.82) is 0 Å². The molecular formula is C19H15F2NO4. The number of esters is 1. The van der Waals surface area contributed by atoms with E-state index in [4.69, 9.17) is 9.15 Å². The van der Waals surface area contributed by atoms with Crippen LogP contribution < -0.4 is 5.32 Å². The van der Waals surface area contributed by atoms with Crippen molar-refractivity contribution in [3.63, 3.8) is 0 Å². The van der Waals surface area contributed by atoms with E-state index >= 15 is 0 Å². The number of amides is 1. The predicted octanol–water partition coefficient (Wildman–Crippen LogP) is 4.20. The Balaban J connectivity index is 1.73. The highest BCUT2D eigenvalue weighted by molar-refractivity contribution is 5.99. The number of anilines is 1. The Morgan fingerprint density at radius 1 is 1.15 bits per heavy atom. The molecule has 5 nitrogen and oxygen atoms in total. The van der Waals surface area contributed by atoms with Crippen LogP contribution in [0, 0.1) is 18.6 Å². The molecule has 0 aliphatic heterocycles. The maximum absolute atomic E-state index is 13.6. The molecule has 0 radical (unpaired) electrons. The first-order valence-electron chi connectivity index (χ1n) is 7.82. The van der Waals surface area contributed by atoms with Crippen LogP contribution in [-0.4, -0.2) is 18.0 Å². The Bertz CT molecular complexity index is 996. The van der Waals surface area contributed by atoms with Gasteiger partial charge in [0.1, 0.15) is 17.2 Å². The van der Waals surface area contributed by atoms with Crippen LogP contribution in [0.1, 0.15) is 23.0 Å². The van der Waals surface area contributed by atoms with Gasteiger partial charge in [-0.15, -0.1) is 0 Å². The van der Waals surface area contributed by atoms with E-state index in [9.17, 15) is 18.4 Å². The maximum atomic E-state index is 13.6. The van der Waals surface area contributed by atoms with E-state index in [0.29, 0.717) is 11.1 Å². The van der Waals surface area contributed by atoms with Crippen molar-refractivity contribution in [3.8, 4) is 0 Å². The molecule has 0 fully saturated rings. The van der Waals surface area contributed by atoms with Crippen LogP contribution in [0.15, 0.2) is 46.9 Å². The van der Waals surface area contributed by atoms with Crippen LogP contribution in [0.25, 0.3) is 11.0 Å². The lowest BCUT2D eigenvalue weighted by atomic mass is 10.1. The summed E-state index contributed by atoms with van der Waals surface area (Å²) in [4.78, 5) is 24.4. The summed E-state index contributed by atoms with van der Waals surface area (Å²) in [7, 11) is 0. The standard InChI is InChI=1S/C19H15F2NO4/c1-10-13-5-3-4-6-16(13)26-17(10)19(24)25-11(2)18(23)22-15-9-12(20)7-8-14(15)21/h3-9,11H,1-2H3,(H,22,23)/t11-/m1/s1. The van der Waals surface area contributed by atoms with Gasteiger partial charge in [-0.05, 0) is 32.0 Å². The SMILES string of the molecule is Cc1c(C(=O)O[C@H](C)C(=O)Nc2cc(F)ccc2F)oc2ccccc12. The van der Waals surface area contributed by atoms with Gasteiger partial charge in [0.05, 0.1) is 5.69 Å². The van der Waals surface area contributed by atoms with Crippen LogP contribution in [0.4, 0.5) is 14.5 Å². The molecule has 1 N–H and O–H groups in total. The lowest BCUT2D eigenvalue weighted by Gasteiger charge is -2.13. The van der Waals surface area contributed by atoms with Gasteiger partial charge in [-0.25, -0.2) is 13.6 Å². The zero-order chi connectivity index (χ0) is 18.8. The molecule has 1 heterocycles. The molecule has 0 saturated carbocycles. The Labute approximate surface area is 147 Å². The van der Waals surface area contributed by atoms with Crippen LogP contribution in [0.2, 0.25) is 0 Å². The molecule has 1 amide bonds. The second-order valence-corrected chi connectivity index (χ2v) is 5.71. The Morgan fingerprint density at radius 3 is 2.62 bits per heavy atom. The van der Waals surface area contributed by atoms with Crippen molar-refractivity contribution in [2.75, 3.05) is 5.32 Å². The number of ether oxygens (including phenoxy) is 1. The van der Waals surface area contributed by atoms with Crippen molar-refractivity contribution >= 4 is 28.5 Å². The molecule has 3 aromatic rings. The molecule has 7 heteroatoms. The minimum Gasteiger partial charge on any atom is -0.449 e. The van der Waals surface area contributed by atoms with Gasteiger partial charge in [-0.1, -0.05) is 18.2 Å². The molecular weight excluding hydrogens is 344 g/mol. The number of halogens is 2. The molecule has 0 saturated heterocycles. The third-order valence-corrected chi connectivity index (χ3v) is 3.87. The van der Waals surface area contributed by atoms with E-state index in [-0.39, 0.29) is 11.4 Å². The van der Waals surface area contributed by atoms with Gasteiger partial charge >= 0.3 is 5.97 Å². The summed E-state index contributed by atoms with van der Waals surface area (Å²) >= 11 is 0. The van der Waals surface area contributed by atoms with Crippen LogP contribution in [0.3, 0.4) is 0 Å². The quantitative estimate of drug-likeness (QED) is 0.709. The van der Waals surface area contributed by atoms with E-state index < -0.39 is 29.6 Å². The first kappa shape index (κ1) is 17.6. The lowest BCUT2D eigenvalue weighted by Crippen LogP contribution is -2.30. The van der Waals surface area contributed by atoms with E-state index in [2.05, 4.69) is 5.32 Å². The number of carbonyl (C=O) groups is 2. The molecule has 1 aromatic heterocycles. The normalized spacial score (nSPS) is 12.0. The van der Waals surface area contributed by atoms with Crippen LogP contribution in [0.5, 0.6) is 0 Å². The van der Waals surface area contributed by atoms with Crippen molar-refractivity contribution in [3.05, 3.63) is 65.4 Å². The molecule has 0 aliphatic carbocycles. The molecule has 1 atom stereocenters. The second-order valence-electron chi connectivity index (χ2n) is 5.71. The third-order valence-electron chi connectivity index (χ3n) is 3.87. The number of aryl methyl sites for hydroxylation is 1. The van der Waals surface area contributed by atoms with Gasteiger partial charge in [0, 0.05) is 17.0 Å². The number of para-hydroxylation sites is 1. The summed E-state index contributed by atoms with van der Waals surface area (Å²) in [5.74, 6) is -3.13. The topological polar surface area (TPSA) is 68.5 Å². The molecule has 0 aliphatic rings. The molecule has 2 aromatic carbocycles. The van der Waals surface area contributed by atoms with E-state index in [1.165, 1.54) is 6.92 Å². The van der Waals surface area contributed by atoms with Crippen molar-refractivity contribution in [2.24, 2.45) is 0 Å². The van der Waals surface area contributed by atoms with Gasteiger partial charge in [-0.2, -0.15) is 0 Å². The monoisotopic (exact) mass is 359 g/mol. The fourth-order valence-corrected chi connectivity index (χ4v) is 2.46. The Hall–Kier alpha value is -3.22. The zero-order valence-corrected chi connectivity index (χ0v) is 14.0. The number of fused-ring (bicyclic) bond motifs is 1. The predicted molar refractivity (Wildman–Crippen MR) is 90.8 cm³/mol. The average Bonchev–Trinajstić information content (AvgIpc) is 2.95. The molecule has 0 unspecified atom stereocenters. The maximum Gasteiger partial charge on any atom is 0.375 e. The van der Waals surface area contributed by atoms with Crippen molar-refractivity contribution in [1.82, 2.24) is 0 Å². The molecule has 26 heavy (non-hydrogen) atoms. The number of furan rings is 1. The number of carbonyl (C=O) groups excluding carboxylic acids is 2. The minimum atomic E-state index is -1.24. The first-order valence-corrected chi connectivity index (χ1v) is 7.82. The smallest absolute Gasteiger partial charge is 0.375 e. The molecule has 3 rings (SSSR count). The highest BCUT2D eigenvalue weighted by atomic mass is 19.1. The minimum absolute atomic E-state index is 0.0113. The summed E-state index contributed by atoms with van der Waals surface area (Å²) in [6, 6.07) is 9.74. The van der Waals surface area contributed by atoms with Crippen molar-refractivity contribution in [2.45, 2.75) is 20.0 Å². The van der Waals surface area contributed by atoms with Crippen LogP contribution in [-0.2, 0) is 9.53 Å². The lowest BCUT2D eigenvalue weighted by molar-refractivity contribution is -0.123. The fourth-order valence-electron chi connectivity index (χ4n) is 2.46. The molecule has 0 bridgehead atoms. The number of rotatable bonds is 4.